The van der Waals surface area contributed by atoms with Crippen molar-refractivity contribution in [2.24, 2.45) is 0 Å². The lowest BCUT2D eigenvalue weighted by Gasteiger charge is -2.34. The van der Waals surface area contributed by atoms with E-state index in [0.717, 1.165) is 31.9 Å². The summed E-state index contributed by atoms with van der Waals surface area (Å²) in [6.45, 7) is 7.12. The van der Waals surface area contributed by atoms with E-state index in [1.807, 2.05) is 12.1 Å². The highest BCUT2D eigenvalue weighted by atomic mass is 15.3. The number of hydrogen-bond donors (Lipinski definition) is 2. The first-order chi connectivity index (χ1) is 14.2. The lowest BCUT2D eigenvalue weighted by molar-refractivity contribution is 0.313. The molecule has 1 aliphatic rings. The average molecular weight is 390 g/mol. The number of aromatic nitrogens is 3. The minimum Gasteiger partial charge on any atom is -0.369 e. The van der Waals surface area contributed by atoms with E-state index in [9.17, 15) is 0 Å². The summed E-state index contributed by atoms with van der Waals surface area (Å²) >= 11 is 0. The second kappa shape index (κ2) is 8.87. The summed E-state index contributed by atoms with van der Waals surface area (Å²) in [6, 6.07) is 16.7. The Balaban J connectivity index is 1.37. The molecule has 7 heteroatoms. The van der Waals surface area contributed by atoms with Crippen LogP contribution in [0.2, 0.25) is 0 Å². The van der Waals surface area contributed by atoms with Crippen LogP contribution in [-0.2, 0) is 6.54 Å². The van der Waals surface area contributed by atoms with Gasteiger partial charge in [0.25, 0.3) is 0 Å². The molecule has 0 atom stereocenters. The molecule has 3 aromatic rings. The zero-order chi connectivity index (χ0) is 20.1. The maximum absolute atomic E-state index is 4.52. The highest BCUT2D eigenvalue weighted by Gasteiger charge is 2.14. The third-order valence-corrected chi connectivity index (χ3v) is 5.27. The first-order valence-corrected chi connectivity index (χ1v) is 9.96. The number of nitrogens with zero attached hydrogens (tertiary/aromatic N) is 5. The van der Waals surface area contributed by atoms with Gasteiger partial charge in [0.05, 0.1) is 6.20 Å². The third-order valence-electron chi connectivity index (χ3n) is 5.27. The molecule has 4 rings (SSSR count). The molecule has 0 radical (unpaired) electrons. The number of nitrogens with one attached hydrogen (secondary N) is 2. The molecule has 0 unspecified atom stereocenters. The normalized spacial score (nSPS) is 14.6. The van der Waals surface area contributed by atoms with E-state index in [1.165, 1.54) is 16.8 Å². The number of anilines is 4. The van der Waals surface area contributed by atoms with Crippen molar-refractivity contribution in [3.05, 3.63) is 65.9 Å². The van der Waals surface area contributed by atoms with Crippen LogP contribution in [0.1, 0.15) is 11.1 Å². The zero-order valence-corrected chi connectivity index (χ0v) is 17.0. The molecule has 7 nitrogen and oxygen atoms in total. The Labute approximate surface area is 171 Å². The number of aryl methyl sites for hydroxylation is 1. The van der Waals surface area contributed by atoms with Crippen molar-refractivity contribution in [1.29, 1.82) is 0 Å². The fourth-order valence-electron chi connectivity index (χ4n) is 3.39. The van der Waals surface area contributed by atoms with E-state index in [1.54, 1.807) is 6.20 Å². The molecule has 1 aliphatic heterocycles. The molecule has 1 fully saturated rings. The lowest BCUT2D eigenvalue weighted by Crippen LogP contribution is -2.44. The van der Waals surface area contributed by atoms with Gasteiger partial charge < -0.3 is 20.4 Å². The summed E-state index contributed by atoms with van der Waals surface area (Å²) in [6.07, 6.45) is 1.64. The van der Waals surface area contributed by atoms with Crippen LogP contribution < -0.4 is 15.5 Å². The number of benzene rings is 2. The van der Waals surface area contributed by atoms with Crippen LogP contribution in [0.5, 0.6) is 0 Å². The molecule has 0 spiro atoms. The standard InChI is InChI=1S/C22H27N7/c1-17-5-3-4-6-18(17)15-23-21-16-24-27-22(26-21)25-19-7-9-20(10-8-19)29-13-11-28(2)12-14-29/h3-10,16H,11-15H2,1-2H3,(H2,23,25,26,27). The molecule has 2 heterocycles. The quantitative estimate of drug-likeness (QED) is 0.670. The SMILES string of the molecule is Cc1ccccc1CNc1cnnc(Nc2ccc(N3CCN(C)CC3)cc2)n1. The molecule has 1 saturated heterocycles. The Hall–Kier alpha value is -3.19. The fraction of sp³-hybridized carbons (Fsp3) is 0.318. The molecule has 2 aromatic carbocycles. The molecule has 0 amide bonds. The van der Waals surface area contributed by atoms with Crippen molar-refractivity contribution < 1.29 is 0 Å². The van der Waals surface area contributed by atoms with Crippen molar-refractivity contribution in [3.63, 3.8) is 0 Å². The maximum Gasteiger partial charge on any atom is 0.249 e. The highest BCUT2D eigenvalue weighted by Crippen LogP contribution is 2.21. The van der Waals surface area contributed by atoms with Crippen molar-refractivity contribution in [3.8, 4) is 0 Å². The Morgan fingerprint density at radius 3 is 2.48 bits per heavy atom. The Morgan fingerprint density at radius 1 is 0.966 bits per heavy atom. The molecule has 0 bridgehead atoms. The summed E-state index contributed by atoms with van der Waals surface area (Å²) in [4.78, 5) is 9.29. The molecule has 150 valence electrons. The average Bonchev–Trinajstić information content (AvgIpc) is 2.75. The minimum atomic E-state index is 0.479. The minimum absolute atomic E-state index is 0.479. The molecule has 2 N–H and O–H groups in total. The smallest absolute Gasteiger partial charge is 0.249 e. The first kappa shape index (κ1) is 19.1. The van der Waals surface area contributed by atoms with E-state index in [0.29, 0.717) is 18.3 Å². The van der Waals surface area contributed by atoms with E-state index >= 15 is 0 Å². The van der Waals surface area contributed by atoms with Gasteiger partial charge in [-0.3, -0.25) is 0 Å². The zero-order valence-electron chi connectivity index (χ0n) is 17.0. The van der Waals surface area contributed by atoms with Gasteiger partial charge in [0.1, 0.15) is 0 Å². The number of hydrogen-bond acceptors (Lipinski definition) is 7. The summed E-state index contributed by atoms with van der Waals surface area (Å²) in [5.74, 6) is 1.17. The predicted molar refractivity (Wildman–Crippen MR) is 118 cm³/mol. The Bertz CT molecular complexity index is 934. The van der Waals surface area contributed by atoms with E-state index < -0.39 is 0 Å². The van der Waals surface area contributed by atoms with Crippen molar-refractivity contribution in [1.82, 2.24) is 20.1 Å². The van der Waals surface area contributed by atoms with Crippen LogP contribution in [0.3, 0.4) is 0 Å². The van der Waals surface area contributed by atoms with E-state index in [4.69, 9.17) is 0 Å². The number of likely N-dealkylation sites (N-methyl/N-ethyl adjacent to an activating group) is 1. The largest absolute Gasteiger partial charge is 0.369 e. The van der Waals surface area contributed by atoms with Gasteiger partial charge in [-0.1, -0.05) is 24.3 Å². The topological polar surface area (TPSA) is 69.2 Å². The van der Waals surface area contributed by atoms with Crippen LogP contribution >= 0.6 is 0 Å². The van der Waals surface area contributed by atoms with Gasteiger partial charge >= 0.3 is 0 Å². The van der Waals surface area contributed by atoms with Gasteiger partial charge in [-0.15, -0.1) is 5.10 Å². The molecule has 0 saturated carbocycles. The van der Waals surface area contributed by atoms with Gasteiger partial charge in [-0.25, -0.2) is 0 Å². The second-order valence-corrected chi connectivity index (χ2v) is 7.41. The van der Waals surface area contributed by atoms with Crippen LogP contribution in [0, 0.1) is 6.92 Å². The monoisotopic (exact) mass is 389 g/mol. The third kappa shape index (κ3) is 5.00. The first-order valence-electron chi connectivity index (χ1n) is 9.96. The molecule has 0 aliphatic carbocycles. The van der Waals surface area contributed by atoms with Gasteiger partial charge in [-0.05, 0) is 49.4 Å². The highest BCUT2D eigenvalue weighted by molar-refractivity contribution is 5.59. The maximum atomic E-state index is 4.52. The lowest BCUT2D eigenvalue weighted by atomic mass is 10.1. The van der Waals surface area contributed by atoms with Crippen molar-refractivity contribution in [2.75, 3.05) is 48.8 Å². The number of rotatable bonds is 6. The van der Waals surface area contributed by atoms with Crippen molar-refractivity contribution >= 4 is 23.1 Å². The van der Waals surface area contributed by atoms with Crippen LogP contribution in [0.4, 0.5) is 23.1 Å². The van der Waals surface area contributed by atoms with Gasteiger partial charge in [0.15, 0.2) is 5.82 Å². The summed E-state index contributed by atoms with van der Waals surface area (Å²) in [7, 11) is 2.17. The van der Waals surface area contributed by atoms with E-state index in [2.05, 4.69) is 86.0 Å². The molecule has 1 aromatic heterocycles. The van der Waals surface area contributed by atoms with E-state index in [-0.39, 0.29) is 0 Å². The molecule has 29 heavy (non-hydrogen) atoms. The van der Waals surface area contributed by atoms with Crippen molar-refractivity contribution in [2.45, 2.75) is 13.5 Å². The van der Waals surface area contributed by atoms with Crippen LogP contribution in [0.25, 0.3) is 0 Å². The van der Waals surface area contributed by atoms with Gasteiger partial charge in [-0.2, -0.15) is 10.1 Å². The van der Waals surface area contributed by atoms with Gasteiger partial charge in [0.2, 0.25) is 5.95 Å². The summed E-state index contributed by atoms with van der Waals surface area (Å²) in [5, 5.41) is 14.7. The second-order valence-electron chi connectivity index (χ2n) is 7.41. The Kier molecular flexibility index (Phi) is 5.86. The Morgan fingerprint density at radius 2 is 1.72 bits per heavy atom. The summed E-state index contributed by atoms with van der Waals surface area (Å²) < 4.78 is 0. The fourth-order valence-corrected chi connectivity index (χ4v) is 3.39. The van der Waals surface area contributed by atoms with Crippen LogP contribution in [0.15, 0.2) is 54.7 Å². The van der Waals surface area contributed by atoms with Gasteiger partial charge in [0, 0.05) is 44.1 Å². The van der Waals surface area contributed by atoms with Crippen LogP contribution in [-0.4, -0.2) is 53.3 Å². The molecular formula is C22H27N7. The molecular weight excluding hydrogens is 362 g/mol. The predicted octanol–water partition coefficient (Wildman–Crippen LogP) is 3.29. The summed E-state index contributed by atoms with van der Waals surface area (Å²) in [5.41, 5.74) is 4.68. The number of piperazine rings is 1.